The Hall–Kier alpha value is -1.91. The van der Waals surface area contributed by atoms with Crippen molar-refractivity contribution in [1.29, 1.82) is 0 Å². The lowest BCUT2D eigenvalue weighted by molar-refractivity contribution is -0.670. The highest BCUT2D eigenvalue weighted by Crippen LogP contribution is 2.01. The first-order valence-corrected chi connectivity index (χ1v) is 3.34. The van der Waals surface area contributed by atoms with Gasteiger partial charge >= 0.3 is 5.95 Å². The first-order valence-electron chi connectivity index (χ1n) is 3.34. The van der Waals surface area contributed by atoms with Crippen LogP contribution in [-0.4, -0.2) is 15.4 Å². The van der Waals surface area contributed by atoms with Crippen molar-refractivity contribution in [1.82, 2.24) is 10.3 Å². The lowest BCUT2D eigenvalue weighted by atomic mass is 10.4. The van der Waals surface area contributed by atoms with Crippen molar-refractivity contribution >= 4 is 0 Å². The number of hydrogen-bond donors (Lipinski definition) is 1. The second-order valence-corrected chi connectivity index (χ2v) is 2.20. The van der Waals surface area contributed by atoms with E-state index in [4.69, 9.17) is 5.11 Å². The summed E-state index contributed by atoms with van der Waals surface area (Å²) in [6.45, 7) is 0. The Morgan fingerprint density at radius 3 is 3.00 bits per heavy atom. The minimum absolute atomic E-state index is 0.223. The number of rotatable bonds is 1. The first kappa shape index (κ1) is 6.78. The molecule has 0 spiro atoms. The van der Waals surface area contributed by atoms with Crippen LogP contribution in [0.5, 0.6) is 5.95 Å². The standard InChI is InChI=1S/C7H5N3O2/c11-7-5-10(9-12-7)6-2-1-3-8-4-6/h1-5H/p+1. The molecule has 2 rings (SSSR count). The third-order valence-electron chi connectivity index (χ3n) is 1.37. The summed E-state index contributed by atoms with van der Waals surface area (Å²) in [5.41, 5.74) is 0.738. The van der Waals surface area contributed by atoms with Crippen molar-refractivity contribution < 1.29 is 14.3 Å². The Labute approximate surface area is 67.9 Å². The molecule has 60 valence electrons. The molecule has 0 atom stereocenters. The van der Waals surface area contributed by atoms with E-state index in [9.17, 15) is 0 Å². The van der Waals surface area contributed by atoms with Gasteiger partial charge < -0.3 is 5.11 Å². The van der Waals surface area contributed by atoms with Gasteiger partial charge in [0.25, 0.3) is 11.9 Å². The van der Waals surface area contributed by atoms with E-state index in [-0.39, 0.29) is 5.95 Å². The Balaban J connectivity index is 2.45. The Kier molecular flexibility index (Phi) is 1.48. The van der Waals surface area contributed by atoms with E-state index in [1.165, 1.54) is 10.9 Å². The van der Waals surface area contributed by atoms with Crippen LogP contribution in [0.1, 0.15) is 0 Å². The van der Waals surface area contributed by atoms with Gasteiger partial charge in [-0.15, -0.1) is 0 Å². The van der Waals surface area contributed by atoms with E-state index < -0.39 is 0 Å². The summed E-state index contributed by atoms with van der Waals surface area (Å²) in [6, 6.07) is 3.57. The topological polar surface area (TPSA) is 63.0 Å². The van der Waals surface area contributed by atoms with Crippen LogP contribution in [0.2, 0.25) is 0 Å². The van der Waals surface area contributed by atoms with Crippen molar-refractivity contribution in [2.24, 2.45) is 0 Å². The van der Waals surface area contributed by atoms with E-state index in [1.807, 2.05) is 0 Å². The zero-order valence-corrected chi connectivity index (χ0v) is 6.08. The van der Waals surface area contributed by atoms with Gasteiger partial charge in [0.1, 0.15) is 6.20 Å². The normalized spacial score (nSPS) is 10.0. The summed E-state index contributed by atoms with van der Waals surface area (Å²) in [5, 5.41) is 12.4. The first-order chi connectivity index (χ1) is 5.86. The lowest BCUT2D eigenvalue weighted by Gasteiger charge is -1.82. The zero-order valence-electron chi connectivity index (χ0n) is 6.08. The smallest absolute Gasteiger partial charge is 0.381 e. The van der Waals surface area contributed by atoms with Gasteiger partial charge in [-0.25, -0.2) is 0 Å². The van der Waals surface area contributed by atoms with Crippen LogP contribution >= 0.6 is 0 Å². The fourth-order valence-electron chi connectivity index (χ4n) is 0.849. The number of hydrogen-bond acceptors (Lipinski definition) is 4. The maximum Gasteiger partial charge on any atom is 0.381 e. The number of pyridine rings is 1. The van der Waals surface area contributed by atoms with Crippen LogP contribution < -0.4 is 4.68 Å². The SMILES string of the molecule is Oc1c[n+](-c2cccnc2)no1. The highest BCUT2D eigenvalue weighted by molar-refractivity contribution is 5.15. The average molecular weight is 164 g/mol. The molecule has 0 fully saturated rings. The predicted molar refractivity (Wildman–Crippen MR) is 37.5 cm³/mol. The van der Waals surface area contributed by atoms with Crippen LogP contribution in [0.25, 0.3) is 5.69 Å². The minimum Gasteiger partial charge on any atom is -0.475 e. The monoisotopic (exact) mass is 164 g/mol. The second-order valence-electron chi connectivity index (χ2n) is 2.20. The molecule has 12 heavy (non-hydrogen) atoms. The summed E-state index contributed by atoms with van der Waals surface area (Å²) in [6.07, 6.45) is 4.63. The third kappa shape index (κ3) is 1.12. The maximum atomic E-state index is 8.84. The summed E-state index contributed by atoms with van der Waals surface area (Å²) < 4.78 is 5.85. The van der Waals surface area contributed by atoms with Crippen LogP contribution in [0.3, 0.4) is 0 Å². The number of aromatic nitrogens is 3. The highest BCUT2D eigenvalue weighted by atomic mass is 16.6. The molecule has 5 heteroatoms. The Morgan fingerprint density at radius 2 is 2.42 bits per heavy atom. The lowest BCUT2D eigenvalue weighted by Crippen LogP contribution is -2.31. The zero-order chi connectivity index (χ0) is 8.39. The summed E-state index contributed by atoms with van der Waals surface area (Å²) in [4.78, 5) is 3.89. The predicted octanol–water partition coefficient (Wildman–Crippen LogP) is 0.0519. The van der Waals surface area contributed by atoms with Crippen LogP contribution in [0.15, 0.2) is 35.2 Å². The highest BCUT2D eigenvalue weighted by Gasteiger charge is 2.12. The molecule has 0 aromatic carbocycles. The van der Waals surface area contributed by atoms with E-state index in [2.05, 4.69) is 14.8 Å². The molecule has 0 saturated heterocycles. The van der Waals surface area contributed by atoms with Gasteiger partial charge in [0.15, 0.2) is 0 Å². The summed E-state index contributed by atoms with van der Waals surface area (Å²) >= 11 is 0. The number of aromatic hydroxyl groups is 1. The van der Waals surface area contributed by atoms with Crippen LogP contribution in [-0.2, 0) is 0 Å². The molecule has 0 amide bonds. The van der Waals surface area contributed by atoms with Gasteiger partial charge in [-0.2, -0.15) is 0 Å². The van der Waals surface area contributed by atoms with Gasteiger partial charge in [-0.1, -0.05) is 0 Å². The van der Waals surface area contributed by atoms with Crippen molar-refractivity contribution in [3.8, 4) is 11.6 Å². The molecular weight excluding hydrogens is 158 g/mol. The van der Waals surface area contributed by atoms with E-state index >= 15 is 0 Å². The largest absolute Gasteiger partial charge is 0.475 e. The fourth-order valence-corrected chi connectivity index (χ4v) is 0.849. The van der Waals surface area contributed by atoms with Crippen molar-refractivity contribution in [3.05, 3.63) is 30.7 Å². The average Bonchev–Trinajstić information content (AvgIpc) is 2.54. The molecule has 0 radical (unpaired) electrons. The summed E-state index contributed by atoms with van der Waals surface area (Å²) in [5.74, 6) is -0.223. The number of nitrogens with zero attached hydrogens (tertiary/aromatic N) is 3. The van der Waals surface area contributed by atoms with E-state index in [0.29, 0.717) is 0 Å². The summed E-state index contributed by atoms with van der Waals surface area (Å²) in [7, 11) is 0. The molecule has 0 aliphatic carbocycles. The van der Waals surface area contributed by atoms with Crippen molar-refractivity contribution in [3.63, 3.8) is 0 Å². The molecule has 0 aliphatic rings. The molecule has 2 aromatic rings. The molecule has 0 saturated carbocycles. The molecule has 1 N–H and O–H groups in total. The molecule has 2 aromatic heterocycles. The van der Waals surface area contributed by atoms with Gasteiger partial charge in [0, 0.05) is 12.3 Å². The molecule has 2 heterocycles. The van der Waals surface area contributed by atoms with Crippen molar-refractivity contribution in [2.75, 3.05) is 0 Å². The van der Waals surface area contributed by atoms with E-state index in [0.717, 1.165) is 5.69 Å². The Bertz CT molecular complexity index is 371. The second kappa shape index (κ2) is 2.61. The van der Waals surface area contributed by atoms with Gasteiger partial charge in [-0.3, -0.25) is 9.51 Å². The van der Waals surface area contributed by atoms with Crippen LogP contribution in [0, 0.1) is 0 Å². The minimum atomic E-state index is -0.223. The Morgan fingerprint density at radius 1 is 1.50 bits per heavy atom. The molecular formula is C7H6N3O2+. The van der Waals surface area contributed by atoms with Gasteiger partial charge in [-0.05, 0) is 10.7 Å². The quantitative estimate of drug-likeness (QED) is 0.605. The fraction of sp³-hybridized carbons (Fsp3) is 0. The third-order valence-corrected chi connectivity index (χ3v) is 1.37. The molecule has 0 aliphatic heterocycles. The van der Waals surface area contributed by atoms with Crippen LogP contribution in [0.4, 0.5) is 0 Å². The van der Waals surface area contributed by atoms with E-state index in [1.54, 1.807) is 24.5 Å². The molecule has 0 unspecified atom stereocenters. The molecule has 0 bridgehead atoms. The molecule has 5 nitrogen and oxygen atoms in total. The van der Waals surface area contributed by atoms with Gasteiger partial charge in [0.05, 0.1) is 0 Å². The maximum absolute atomic E-state index is 8.84. The van der Waals surface area contributed by atoms with Gasteiger partial charge in [0.2, 0.25) is 5.27 Å². The van der Waals surface area contributed by atoms with Crippen molar-refractivity contribution in [2.45, 2.75) is 0 Å².